The molecule has 0 N–H and O–H groups in total. The third-order valence-electron chi connectivity index (χ3n) is 5.97. The van der Waals surface area contributed by atoms with E-state index in [0.717, 1.165) is 26.4 Å². The molecule has 188 valence electrons. The van der Waals surface area contributed by atoms with Crippen molar-refractivity contribution in [3.63, 3.8) is 0 Å². The van der Waals surface area contributed by atoms with E-state index in [1.54, 1.807) is 6.92 Å². The van der Waals surface area contributed by atoms with E-state index in [4.69, 9.17) is 13.9 Å². The van der Waals surface area contributed by atoms with Crippen molar-refractivity contribution in [2.24, 2.45) is 0 Å². The van der Waals surface area contributed by atoms with Gasteiger partial charge >= 0.3 is 18.1 Å². The van der Waals surface area contributed by atoms with Gasteiger partial charge in [-0.2, -0.15) is 13.2 Å². The summed E-state index contributed by atoms with van der Waals surface area (Å²) in [6.07, 6.45) is -7.20. The lowest BCUT2D eigenvalue weighted by Crippen LogP contribution is -2.53. The van der Waals surface area contributed by atoms with Crippen LogP contribution in [0.3, 0.4) is 0 Å². The highest BCUT2D eigenvalue weighted by Crippen LogP contribution is 2.43. The molecule has 0 heterocycles. The van der Waals surface area contributed by atoms with Crippen LogP contribution in [-0.4, -0.2) is 52.9 Å². The van der Waals surface area contributed by atoms with E-state index in [0.29, 0.717) is 0 Å². The van der Waals surface area contributed by atoms with Gasteiger partial charge in [0.2, 0.25) is 0 Å². The molecule has 0 amide bonds. The minimum Gasteiger partial charge on any atom is -0.469 e. The van der Waals surface area contributed by atoms with Gasteiger partial charge in [0.15, 0.2) is 8.32 Å². The van der Waals surface area contributed by atoms with Crippen molar-refractivity contribution in [2.75, 3.05) is 14.2 Å². The topological polar surface area (TPSA) is 71.1 Å². The molecule has 10 heteroatoms. The van der Waals surface area contributed by atoms with Gasteiger partial charge in [0.1, 0.15) is 6.10 Å². The molecule has 0 aliphatic rings. The maximum Gasteiger partial charge on any atom is 0.432 e. The van der Waals surface area contributed by atoms with Crippen LogP contribution in [0.2, 0.25) is 18.1 Å². The number of ether oxygens (including phenoxy) is 3. The molecule has 3 atom stereocenters. The zero-order chi connectivity index (χ0) is 25.7. The van der Waals surface area contributed by atoms with E-state index in [1.165, 1.54) is 18.2 Å². The molecule has 6 nitrogen and oxygen atoms in total. The number of benzene rings is 1. The summed E-state index contributed by atoms with van der Waals surface area (Å²) in [7, 11) is -0.270. The fourth-order valence-corrected chi connectivity index (χ4v) is 4.62. The summed E-state index contributed by atoms with van der Waals surface area (Å²) >= 11 is 0. The van der Waals surface area contributed by atoms with Crippen LogP contribution >= 0.6 is 0 Å². The Bertz CT molecular complexity index is 792. The van der Waals surface area contributed by atoms with E-state index in [-0.39, 0.29) is 11.5 Å². The van der Waals surface area contributed by atoms with E-state index in [2.05, 4.69) is 4.74 Å². The number of rotatable bonds is 10. The molecular weight excluding hydrogens is 457 g/mol. The first-order valence-electron chi connectivity index (χ1n) is 10.6. The average Bonchev–Trinajstić information content (AvgIpc) is 2.67. The maximum atomic E-state index is 14.2. The van der Waals surface area contributed by atoms with Crippen molar-refractivity contribution in [1.29, 1.82) is 0 Å². The van der Waals surface area contributed by atoms with Gasteiger partial charge in [-0.25, -0.2) is 4.79 Å². The highest BCUT2D eigenvalue weighted by Gasteiger charge is 2.64. The molecule has 0 bridgehead atoms. The summed E-state index contributed by atoms with van der Waals surface area (Å²) in [5, 5.41) is -0.107. The Morgan fingerprint density at radius 2 is 1.58 bits per heavy atom. The number of hydrogen-bond acceptors (Lipinski definition) is 6. The molecular formula is C23H35F3O6Si. The normalized spacial score (nSPS) is 16.5. The van der Waals surface area contributed by atoms with Crippen LogP contribution in [0.4, 0.5) is 13.2 Å². The summed E-state index contributed by atoms with van der Waals surface area (Å²) in [5.41, 5.74) is -3.76. The molecule has 0 fully saturated rings. The molecule has 0 saturated carbocycles. The highest BCUT2D eigenvalue weighted by molar-refractivity contribution is 6.74. The lowest BCUT2D eigenvalue weighted by atomic mass is 9.92. The summed E-state index contributed by atoms with van der Waals surface area (Å²) < 4.78 is 63.4. The monoisotopic (exact) mass is 492 g/mol. The van der Waals surface area contributed by atoms with Gasteiger partial charge in [-0.05, 0) is 25.1 Å². The summed E-state index contributed by atoms with van der Waals surface area (Å²) in [6, 6.07) is 6.52. The number of carbonyl (C=O) groups excluding carboxylic acids is 2. The predicted molar refractivity (Wildman–Crippen MR) is 120 cm³/mol. The summed E-state index contributed by atoms with van der Waals surface area (Å²) in [4.78, 5) is 24.9. The third kappa shape index (κ3) is 7.03. The second-order valence-corrected chi connectivity index (χ2v) is 14.2. The number of methoxy groups -OCH3 is 2. The van der Waals surface area contributed by atoms with Crippen molar-refractivity contribution in [2.45, 2.75) is 82.7 Å². The Balaban J connectivity index is 3.25. The van der Waals surface area contributed by atoms with Gasteiger partial charge in [-0.1, -0.05) is 51.1 Å². The van der Waals surface area contributed by atoms with Gasteiger partial charge < -0.3 is 18.6 Å². The van der Waals surface area contributed by atoms with E-state index < -0.39 is 56.2 Å². The Labute approximate surface area is 194 Å². The second-order valence-electron chi connectivity index (χ2n) is 9.48. The molecule has 0 aliphatic carbocycles. The van der Waals surface area contributed by atoms with E-state index in [9.17, 15) is 22.8 Å². The maximum absolute atomic E-state index is 14.2. The van der Waals surface area contributed by atoms with Crippen molar-refractivity contribution in [3.8, 4) is 0 Å². The van der Waals surface area contributed by atoms with Crippen molar-refractivity contribution in [1.82, 2.24) is 0 Å². The summed E-state index contributed by atoms with van der Waals surface area (Å²) in [6.45, 7) is 11.9. The van der Waals surface area contributed by atoms with E-state index >= 15 is 0 Å². The van der Waals surface area contributed by atoms with Crippen molar-refractivity contribution >= 4 is 20.3 Å². The molecule has 33 heavy (non-hydrogen) atoms. The quantitative estimate of drug-likeness (QED) is 0.323. The number of hydrogen-bond donors (Lipinski definition) is 0. The lowest BCUT2D eigenvalue weighted by Gasteiger charge is -2.39. The molecule has 0 radical (unpaired) electrons. The van der Waals surface area contributed by atoms with Crippen molar-refractivity contribution in [3.05, 3.63) is 35.9 Å². The largest absolute Gasteiger partial charge is 0.469 e. The molecule has 1 aromatic carbocycles. The number of esters is 2. The number of halogens is 3. The first-order chi connectivity index (χ1) is 15.0. The molecule has 0 saturated heterocycles. The van der Waals surface area contributed by atoms with Crippen LogP contribution in [0.5, 0.6) is 0 Å². The van der Waals surface area contributed by atoms with Crippen molar-refractivity contribution < 1.29 is 41.4 Å². The number of carbonyl (C=O) groups is 2. The summed E-state index contributed by atoms with van der Waals surface area (Å²) in [5.74, 6) is -2.38. The average molecular weight is 493 g/mol. The first-order valence-corrected chi connectivity index (χ1v) is 13.6. The van der Waals surface area contributed by atoms with E-state index in [1.807, 2.05) is 33.9 Å². The van der Waals surface area contributed by atoms with Gasteiger partial charge in [0.25, 0.3) is 5.60 Å². The Morgan fingerprint density at radius 3 is 2.00 bits per heavy atom. The van der Waals surface area contributed by atoms with Gasteiger partial charge in [0, 0.05) is 25.2 Å². The standard InChI is InChI=1S/C23H35F3O6Si/c1-16(32-33(7,8)21(2,3)4)14-18(15-19(27)29-5)31-20(28)22(30-6,23(24,25)26)17-12-10-9-11-13-17/h9-13,16,18H,14-15H2,1-8H3/t16-,18+,22-/m0/s1. The Morgan fingerprint density at radius 1 is 1.03 bits per heavy atom. The number of alkyl halides is 3. The van der Waals surface area contributed by atoms with Crippen LogP contribution in [0.15, 0.2) is 30.3 Å². The molecule has 0 aliphatic heterocycles. The smallest absolute Gasteiger partial charge is 0.432 e. The zero-order valence-corrected chi connectivity index (χ0v) is 21.5. The van der Waals surface area contributed by atoms with Crippen LogP contribution in [-0.2, 0) is 33.8 Å². The fourth-order valence-electron chi connectivity index (χ4n) is 3.16. The molecule has 0 aromatic heterocycles. The van der Waals surface area contributed by atoms with Crippen LogP contribution in [0.25, 0.3) is 0 Å². The molecule has 0 spiro atoms. The third-order valence-corrected chi connectivity index (χ3v) is 10.6. The van der Waals surface area contributed by atoms with Gasteiger partial charge in [-0.15, -0.1) is 0 Å². The van der Waals surface area contributed by atoms with Gasteiger partial charge in [-0.3, -0.25) is 4.79 Å². The fraction of sp³-hybridized carbons (Fsp3) is 0.652. The SMILES string of the molecule is COC(=O)C[C@@H](C[C@H](C)O[Si](C)(C)C(C)(C)C)OC(=O)[C@@](OC)(c1ccccc1)C(F)(F)F. The molecule has 1 aromatic rings. The molecule has 1 rings (SSSR count). The Kier molecular flexibility index (Phi) is 9.71. The zero-order valence-electron chi connectivity index (χ0n) is 20.5. The first kappa shape index (κ1) is 29.1. The molecule has 0 unspecified atom stereocenters. The van der Waals surface area contributed by atoms with Crippen LogP contribution in [0, 0.1) is 0 Å². The highest BCUT2D eigenvalue weighted by atomic mass is 28.4. The van der Waals surface area contributed by atoms with Gasteiger partial charge in [0.05, 0.1) is 13.5 Å². The Hall–Kier alpha value is -1.91. The predicted octanol–water partition coefficient (Wildman–Crippen LogP) is 5.37. The van der Waals surface area contributed by atoms with Crippen LogP contribution in [0.1, 0.15) is 46.1 Å². The lowest BCUT2D eigenvalue weighted by molar-refractivity contribution is -0.278. The minimum atomic E-state index is -5.11. The second kappa shape index (κ2) is 11.0. The minimum absolute atomic E-state index is 0.0137. The van der Waals surface area contributed by atoms with Crippen LogP contribution < -0.4 is 0 Å².